The van der Waals surface area contributed by atoms with E-state index in [-0.39, 0.29) is 0 Å². The van der Waals surface area contributed by atoms with Crippen molar-refractivity contribution in [1.29, 1.82) is 0 Å². The molecule has 11 aromatic carbocycles. The van der Waals surface area contributed by atoms with Gasteiger partial charge in [-0.15, -0.1) is 0 Å². The molecule has 0 saturated heterocycles. The molecule has 54 heavy (non-hydrogen) atoms. The molecule has 0 nitrogen and oxygen atoms in total. The van der Waals surface area contributed by atoms with Crippen LogP contribution in [0.4, 0.5) is 0 Å². The van der Waals surface area contributed by atoms with E-state index in [9.17, 15) is 0 Å². The lowest BCUT2D eigenvalue weighted by Crippen LogP contribution is -1.95. The molecule has 0 aliphatic rings. The first-order chi connectivity index (χ1) is 26.8. The van der Waals surface area contributed by atoms with E-state index in [0.717, 1.165) is 0 Å². The molecule has 11 rings (SSSR count). The van der Waals surface area contributed by atoms with Gasteiger partial charge in [-0.1, -0.05) is 194 Å². The Morgan fingerprint density at radius 2 is 0.611 bits per heavy atom. The Kier molecular flexibility index (Phi) is 6.97. The second-order valence-electron chi connectivity index (χ2n) is 14.4. The van der Waals surface area contributed by atoms with E-state index < -0.39 is 0 Å². The van der Waals surface area contributed by atoms with Crippen LogP contribution in [-0.4, -0.2) is 0 Å². The van der Waals surface area contributed by atoms with Gasteiger partial charge in [0.05, 0.1) is 0 Å². The Hall–Kier alpha value is -7.02. The van der Waals surface area contributed by atoms with E-state index in [1.54, 1.807) is 0 Å². The van der Waals surface area contributed by atoms with Crippen molar-refractivity contribution >= 4 is 64.6 Å². The monoisotopic (exact) mass is 682 g/mol. The molecule has 0 atom stereocenters. The standard InChI is InChI=1S/C54H34/c1-2-16-39-33-40(29-27-35(39)13-1)41-30-28-38-31-32-50(44-25-11-17-36-14-3-5-19-42(36)44)54(51(38)34-41)53-48-23-9-7-21-46(48)52(47-22-8-10-24-49(47)53)45-26-12-18-37-15-4-6-20-43(37)45/h1-34H. The first kappa shape index (κ1) is 30.6. The summed E-state index contributed by atoms with van der Waals surface area (Å²) in [5.74, 6) is 0. The van der Waals surface area contributed by atoms with Crippen LogP contribution in [0.5, 0.6) is 0 Å². The van der Waals surface area contributed by atoms with Crippen molar-refractivity contribution in [3.8, 4) is 44.5 Å². The average molecular weight is 683 g/mol. The summed E-state index contributed by atoms with van der Waals surface area (Å²) in [5.41, 5.74) is 10.0. The van der Waals surface area contributed by atoms with Gasteiger partial charge in [0.25, 0.3) is 0 Å². The quantitative estimate of drug-likeness (QED) is 0.162. The van der Waals surface area contributed by atoms with Crippen LogP contribution < -0.4 is 0 Å². The van der Waals surface area contributed by atoms with Crippen LogP contribution in [0.1, 0.15) is 0 Å². The topological polar surface area (TPSA) is 0 Å². The molecule has 0 heteroatoms. The first-order valence-corrected chi connectivity index (χ1v) is 18.8. The highest BCUT2D eigenvalue weighted by Crippen LogP contribution is 2.50. The van der Waals surface area contributed by atoms with Crippen molar-refractivity contribution in [2.75, 3.05) is 0 Å². The minimum Gasteiger partial charge on any atom is -0.0616 e. The molecule has 0 aromatic heterocycles. The summed E-state index contributed by atoms with van der Waals surface area (Å²) in [7, 11) is 0. The number of fused-ring (bicyclic) bond motifs is 6. The minimum absolute atomic E-state index is 1.21. The van der Waals surface area contributed by atoms with Gasteiger partial charge >= 0.3 is 0 Å². The van der Waals surface area contributed by atoms with Crippen molar-refractivity contribution < 1.29 is 0 Å². The Morgan fingerprint density at radius 1 is 0.185 bits per heavy atom. The molecule has 0 heterocycles. The maximum Gasteiger partial charge on any atom is -0.00139 e. The fourth-order valence-electron chi connectivity index (χ4n) is 8.95. The zero-order chi connectivity index (χ0) is 35.6. The lowest BCUT2D eigenvalue weighted by Gasteiger charge is -2.22. The van der Waals surface area contributed by atoms with E-state index in [1.165, 1.54) is 109 Å². The molecule has 0 N–H and O–H groups in total. The van der Waals surface area contributed by atoms with Crippen LogP contribution in [0.2, 0.25) is 0 Å². The number of hydrogen-bond donors (Lipinski definition) is 0. The fourth-order valence-corrected chi connectivity index (χ4v) is 8.95. The predicted molar refractivity (Wildman–Crippen MR) is 233 cm³/mol. The molecule has 0 spiro atoms. The smallest absolute Gasteiger partial charge is 0.00139 e. The second-order valence-corrected chi connectivity index (χ2v) is 14.4. The van der Waals surface area contributed by atoms with Gasteiger partial charge in [-0.3, -0.25) is 0 Å². The molecule has 0 saturated carbocycles. The third-order valence-corrected chi connectivity index (χ3v) is 11.4. The van der Waals surface area contributed by atoms with E-state index >= 15 is 0 Å². The molecular formula is C54H34. The van der Waals surface area contributed by atoms with Gasteiger partial charge in [-0.25, -0.2) is 0 Å². The lowest BCUT2D eigenvalue weighted by molar-refractivity contribution is 1.64. The second kappa shape index (κ2) is 12.3. The van der Waals surface area contributed by atoms with Crippen molar-refractivity contribution in [2.45, 2.75) is 0 Å². The Labute approximate surface area is 314 Å². The summed E-state index contributed by atoms with van der Waals surface area (Å²) in [6, 6.07) is 76.3. The van der Waals surface area contributed by atoms with Crippen LogP contribution >= 0.6 is 0 Å². The molecular weight excluding hydrogens is 649 g/mol. The largest absolute Gasteiger partial charge is 0.0616 e. The normalized spacial score (nSPS) is 11.7. The zero-order valence-corrected chi connectivity index (χ0v) is 29.6. The number of rotatable bonds is 4. The Balaban J connectivity index is 1.30. The van der Waals surface area contributed by atoms with Crippen molar-refractivity contribution in [3.05, 3.63) is 206 Å². The van der Waals surface area contributed by atoms with E-state index in [2.05, 4.69) is 206 Å². The van der Waals surface area contributed by atoms with E-state index in [1.807, 2.05) is 0 Å². The lowest BCUT2D eigenvalue weighted by atomic mass is 9.80. The fraction of sp³-hybridized carbons (Fsp3) is 0. The zero-order valence-electron chi connectivity index (χ0n) is 29.6. The minimum atomic E-state index is 1.21. The van der Waals surface area contributed by atoms with Gasteiger partial charge in [0, 0.05) is 0 Å². The number of benzene rings is 11. The highest BCUT2D eigenvalue weighted by Gasteiger charge is 2.22. The molecule has 0 radical (unpaired) electrons. The summed E-state index contributed by atoms with van der Waals surface area (Å²) in [4.78, 5) is 0. The van der Waals surface area contributed by atoms with Crippen LogP contribution in [0, 0.1) is 0 Å². The molecule has 0 unspecified atom stereocenters. The van der Waals surface area contributed by atoms with Crippen molar-refractivity contribution in [2.24, 2.45) is 0 Å². The van der Waals surface area contributed by atoms with Gasteiger partial charge in [-0.05, 0) is 121 Å². The van der Waals surface area contributed by atoms with Crippen LogP contribution in [0.3, 0.4) is 0 Å². The van der Waals surface area contributed by atoms with Gasteiger partial charge < -0.3 is 0 Å². The van der Waals surface area contributed by atoms with E-state index in [0.29, 0.717) is 0 Å². The third-order valence-electron chi connectivity index (χ3n) is 11.4. The molecule has 0 amide bonds. The average Bonchev–Trinajstić information content (AvgIpc) is 3.24. The SMILES string of the molecule is c1ccc2cc(-c3ccc4ccc(-c5cccc6ccccc56)c(-c5c6ccccc6c(-c6cccc7ccccc67)c6ccccc56)c4c3)ccc2c1. The molecule has 250 valence electrons. The first-order valence-electron chi connectivity index (χ1n) is 18.8. The predicted octanol–water partition coefficient (Wildman–Crippen LogP) is 15.3. The highest BCUT2D eigenvalue weighted by atomic mass is 14.3. The third kappa shape index (κ3) is 4.78. The van der Waals surface area contributed by atoms with Gasteiger partial charge in [0.15, 0.2) is 0 Å². The van der Waals surface area contributed by atoms with Crippen molar-refractivity contribution in [1.82, 2.24) is 0 Å². The maximum atomic E-state index is 2.44. The molecule has 0 aliphatic carbocycles. The molecule has 0 fully saturated rings. The van der Waals surface area contributed by atoms with Gasteiger partial charge in [0.1, 0.15) is 0 Å². The number of hydrogen-bond acceptors (Lipinski definition) is 0. The molecule has 0 bridgehead atoms. The van der Waals surface area contributed by atoms with Crippen LogP contribution in [0.15, 0.2) is 206 Å². The van der Waals surface area contributed by atoms with Gasteiger partial charge in [-0.2, -0.15) is 0 Å². The van der Waals surface area contributed by atoms with Crippen LogP contribution in [-0.2, 0) is 0 Å². The summed E-state index contributed by atoms with van der Waals surface area (Å²) in [5, 5.41) is 15.0. The summed E-state index contributed by atoms with van der Waals surface area (Å²) in [6.45, 7) is 0. The van der Waals surface area contributed by atoms with Crippen LogP contribution in [0.25, 0.3) is 109 Å². The Morgan fingerprint density at radius 3 is 1.26 bits per heavy atom. The molecule has 11 aromatic rings. The molecule has 0 aliphatic heterocycles. The maximum absolute atomic E-state index is 2.44. The summed E-state index contributed by atoms with van der Waals surface area (Å²) < 4.78 is 0. The summed E-state index contributed by atoms with van der Waals surface area (Å²) in [6.07, 6.45) is 0. The highest BCUT2D eigenvalue weighted by molar-refractivity contribution is 6.27. The summed E-state index contributed by atoms with van der Waals surface area (Å²) >= 11 is 0. The van der Waals surface area contributed by atoms with Crippen molar-refractivity contribution in [3.63, 3.8) is 0 Å². The Bertz CT molecular complexity index is 3210. The van der Waals surface area contributed by atoms with E-state index in [4.69, 9.17) is 0 Å². The van der Waals surface area contributed by atoms with Gasteiger partial charge in [0.2, 0.25) is 0 Å².